The lowest BCUT2D eigenvalue weighted by atomic mass is 10.1. The summed E-state index contributed by atoms with van der Waals surface area (Å²) in [6, 6.07) is 30.9. The Morgan fingerprint density at radius 3 is 2.26 bits per heavy atom. The van der Waals surface area contributed by atoms with Crippen LogP contribution in [0.1, 0.15) is 30.4 Å². The summed E-state index contributed by atoms with van der Waals surface area (Å²) in [5.41, 5.74) is 3.65. The van der Waals surface area contributed by atoms with Gasteiger partial charge in [0.05, 0.1) is 5.52 Å². The van der Waals surface area contributed by atoms with Crippen LogP contribution in [0, 0.1) is 0 Å². The predicted molar refractivity (Wildman–Crippen MR) is 139 cm³/mol. The number of para-hydroxylation sites is 1. The summed E-state index contributed by atoms with van der Waals surface area (Å²) < 4.78 is 0. The fraction of sp³-hybridized carbons (Fsp3) is 0.310. The van der Waals surface area contributed by atoms with Crippen molar-refractivity contribution in [3.8, 4) is 0 Å². The van der Waals surface area contributed by atoms with Crippen molar-refractivity contribution in [2.45, 2.75) is 44.4 Å². The van der Waals surface area contributed by atoms with Crippen LogP contribution in [0.4, 0.5) is 11.8 Å². The molecule has 34 heavy (non-hydrogen) atoms. The number of nitrogens with one attached hydrogen (secondary N) is 1. The van der Waals surface area contributed by atoms with Gasteiger partial charge in [0, 0.05) is 43.6 Å². The van der Waals surface area contributed by atoms with Crippen molar-refractivity contribution in [1.82, 2.24) is 14.9 Å². The van der Waals surface area contributed by atoms with Gasteiger partial charge in [0.1, 0.15) is 5.82 Å². The van der Waals surface area contributed by atoms with Crippen molar-refractivity contribution >= 4 is 22.7 Å². The zero-order chi connectivity index (χ0) is 22.7. The zero-order valence-corrected chi connectivity index (χ0v) is 19.5. The van der Waals surface area contributed by atoms with Gasteiger partial charge in [-0.15, -0.1) is 0 Å². The van der Waals surface area contributed by atoms with Gasteiger partial charge in [-0.25, -0.2) is 4.98 Å². The lowest BCUT2D eigenvalue weighted by Crippen LogP contribution is -2.39. The summed E-state index contributed by atoms with van der Waals surface area (Å²) in [7, 11) is 0. The number of fused-ring (bicyclic) bond motifs is 3. The second-order valence-electron chi connectivity index (χ2n) is 9.51. The summed E-state index contributed by atoms with van der Waals surface area (Å²) in [6.07, 6.45) is 3.71. The first-order valence-electron chi connectivity index (χ1n) is 12.4. The molecular formula is C29H31N5. The van der Waals surface area contributed by atoms with E-state index in [2.05, 4.69) is 100 Å². The molecule has 5 heteroatoms. The van der Waals surface area contributed by atoms with Crippen LogP contribution < -0.4 is 10.2 Å². The molecule has 0 amide bonds. The molecular weight excluding hydrogens is 418 g/mol. The molecule has 2 aliphatic rings. The third-order valence-corrected chi connectivity index (χ3v) is 7.32. The van der Waals surface area contributed by atoms with Gasteiger partial charge in [-0.1, -0.05) is 72.8 Å². The Morgan fingerprint density at radius 2 is 1.44 bits per heavy atom. The number of nitrogens with zero attached hydrogens (tertiary/aromatic N) is 4. The number of aromatic nitrogens is 2. The van der Waals surface area contributed by atoms with E-state index in [0.717, 1.165) is 55.3 Å². The highest BCUT2D eigenvalue weighted by molar-refractivity contribution is 5.90. The molecule has 2 fully saturated rings. The molecule has 172 valence electrons. The maximum absolute atomic E-state index is 5.06. The Balaban J connectivity index is 1.26. The minimum atomic E-state index is 0.545. The van der Waals surface area contributed by atoms with Crippen LogP contribution in [0.25, 0.3) is 10.9 Å². The lowest BCUT2D eigenvalue weighted by molar-refractivity contribution is 0.194. The molecule has 3 aromatic carbocycles. The molecule has 3 heterocycles. The van der Waals surface area contributed by atoms with E-state index in [4.69, 9.17) is 9.97 Å². The Kier molecular flexibility index (Phi) is 5.86. The number of anilines is 2. The average molecular weight is 450 g/mol. The first-order valence-corrected chi connectivity index (χ1v) is 12.4. The van der Waals surface area contributed by atoms with Gasteiger partial charge in [-0.2, -0.15) is 4.98 Å². The average Bonchev–Trinajstić information content (AvgIpc) is 3.16. The monoisotopic (exact) mass is 449 g/mol. The molecule has 2 saturated heterocycles. The molecule has 5 nitrogen and oxygen atoms in total. The standard InChI is InChI=1S/C29H31N5/c1-3-9-22(10-4-1)19-30-28-26-13-7-8-14-27(26)31-29(32-28)33-18-17-24-15-16-25(21-33)34(24)20-23-11-5-2-6-12-23/h1-14,24-25H,15-21H2,(H,30,31,32). The van der Waals surface area contributed by atoms with Crippen LogP contribution in [0.5, 0.6) is 0 Å². The molecule has 0 radical (unpaired) electrons. The SMILES string of the molecule is c1ccc(CNc2nc(N3CCC4CCC(C3)N4Cc3ccccc3)nc3ccccc23)cc1. The van der Waals surface area contributed by atoms with E-state index >= 15 is 0 Å². The quantitative estimate of drug-likeness (QED) is 0.422. The van der Waals surface area contributed by atoms with Gasteiger partial charge in [0.15, 0.2) is 0 Å². The van der Waals surface area contributed by atoms with E-state index in [0.29, 0.717) is 12.1 Å². The first kappa shape index (κ1) is 21.1. The molecule has 1 N–H and O–H groups in total. The number of hydrogen-bond acceptors (Lipinski definition) is 5. The summed E-state index contributed by atoms with van der Waals surface area (Å²) in [5.74, 6) is 1.77. The molecule has 2 unspecified atom stereocenters. The van der Waals surface area contributed by atoms with Crippen molar-refractivity contribution in [3.05, 3.63) is 96.1 Å². The van der Waals surface area contributed by atoms with Gasteiger partial charge in [0.25, 0.3) is 0 Å². The minimum Gasteiger partial charge on any atom is -0.365 e. The van der Waals surface area contributed by atoms with E-state index in [9.17, 15) is 0 Å². The predicted octanol–water partition coefficient (Wildman–Crippen LogP) is 5.49. The van der Waals surface area contributed by atoms with E-state index in [1.807, 2.05) is 0 Å². The minimum absolute atomic E-state index is 0.545. The van der Waals surface area contributed by atoms with Crippen LogP contribution in [0.2, 0.25) is 0 Å². The Hall–Kier alpha value is -3.44. The molecule has 0 aliphatic carbocycles. The van der Waals surface area contributed by atoms with E-state index in [1.165, 1.54) is 24.0 Å². The molecule has 4 aromatic rings. The molecule has 2 aliphatic heterocycles. The van der Waals surface area contributed by atoms with Crippen LogP contribution >= 0.6 is 0 Å². The van der Waals surface area contributed by atoms with Crippen LogP contribution in [0.3, 0.4) is 0 Å². The normalized spacial score (nSPS) is 20.4. The number of benzene rings is 3. The highest BCUT2D eigenvalue weighted by Crippen LogP contribution is 2.33. The molecule has 0 spiro atoms. The Bertz CT molecular complexity index is 1240. The van der Waals surface area contributed by atoms with Crippen LogP contribution in [0.15, 0.2) is 84.9 Å². The van der Waals surface area contributed by atoms with Gasteiger partial charge < -0.3 is 10.2 Å². The highest BCUT2D eigenvalue weighted by atomic mass is 15.3. The molecule has 6 rings (SSSR count). The third kappa shape index (κ3) is 4.36. The van der Waals surface area contributed by atoms with Crippen LogP contribution in [-0.2, 0) is 13.1 Å². The van der Waals surface area contributed by atoms with E-state index < -0.39 is 0 Å². The summed E-state index contributed by atoms with van der Waals surface area (Å²) >= 11 is 0. The topological polar surface area (TPSA) is 44.3 Å². The van der Waals surface area contributed by atoms with Crippen molar-refractivity contribution in [2.24, 2.45) is 0 Å². The molecule has 2 atom stereocenters. The molecule has 1 aromatic heterocycles. The van der Waals surface area contributed by atoms with Crippen molar-refractivity contribution in [3.63, 3.8) is 0 Å². The maximum Gasteiger partial charge on any atom is 0.227 e. The summed E-state index contributed by atoms with van der Waals surface area (Å²) in [5, 5.41) is 4.66. The Morgan fingerprint density at radius 1 is 0.735 bits per heavy atom. The second-order valence-corrected chi connectivity index (χ2v) is 9.51. The van der Waals surface area contributed by atoms with Crippen molar-refractivity contribution < 1.29 is 0 Å². The van der Waals surface area contributed by atoms with Gasteiger partial charge in [0.2, 0.25) is 5.95 Å². The van der Waals surface area contributed by atoms with Gasteiger partial charge in [-0.3, -0.25) is 4.90 Å². The van der Waals surface area contributed by atoms with E-state index in [-0.39, 0.29) is 0 Å². The fourth-order valence-electron chi connectivity index (χ4n) is 5.53. The van der Waals surface area contributed by atoms with Gasteiger partial charge >= 0.3 is 0 Å². The summed E-state index contributed by atoms with van der Waals surface area (Å²) in [6.45, 7) is 3.77. The number of rotatable bonds is 6. The summed E-state index contributed by atoms with van der Waals surface area (Å²) in [4.78, 5) is 15.2. The van der Waals surface area contributed by atoms with Crippen molar-refractivity contribution in [1.29, 1.82) is 0 Å². The smallest absolute Gasteiger partial charge is 0.227 e. The first-order chi connectivity index (χ1) is 16.8. The number of hydrogen-bond donors (Lipinski definition) is 1. The van der Waals surface area contributed by atoms with E-state index in [1.54, 1.807) is 0 Å². The fourth-order valence-corrected chi connectivity index (χ4v) is 5.53. The zero-order valence-electron chi connectivity index (χ0n) is 19.5. The highest BCUT2D eigenvalue weighted by Gasteiger charge is 2.37. The van der Waals surface area contributed by atoms with Crippen LogP contribution in [-0.4, -0.2) is 40.0 Å². The maximum atomic E-state index is 5.06. The third-order valence-electron chi connectivity index (χ3n) is 7.32. The lowest BCUT2D eigenvalue weighted by Gasteiger charge is -2.29. The van der Waals surface area contributed by atoms with Crippen molar-refractivity contribution in [2.75, 3.05) is 23.3 Å². The molecule has 0 saturated carbocycles. The molecule has 2 bridgehead atoms. The Labute approximate surface area is 201 Å². The van der Waals surface area contributed by atoms with Gasteiger partial charge in [-0.05, 0) is 42.5 Å². The second kappa shape index (κ2) is 9.43. The largest absolute Gasteiger partial charge is 0.365 e.